The third-order valence-corrected chi connectivity index (χ3v) is 3.63. The number of nitrogens with one attached hydrogen (secondary N) is 2. The molecule has 0 spiro atoms. The van der Waals surface area contributed by atoms with E-state index in [9.17, 15) is 14.0 Å². The summed E-state index contributed by atoms with van der Waals surface area (Å²) in [5.41, 5.74) is 5.39. The summed E-state index contributed by atoms with van der Waals surface area (Å²) in [5.74, 6) is 0.211. The fraction of sp³-hybridized carbons (Fsp3) is 0.263. The van der Waals surface area contributed by atoms with Crippen LogP contribution in [0.4, 0.5) is 4.39 Å². The van der Waals surface area contributed by atoms with Crippen LogP contribution in [0.5, 0.6) is 17.2 Å². The van der Waals surface area contributed by atoms with Gasteiger partial charge in [0.1, 0.15) is 11.6 Å². The summed E-state index contributed by atoms with van der Waals surface area (Å²) in [7, 11) is 3.07. The Hall–Kier alpha value is -3.29. The number of hydrogen-bond donors (Lipinski definition) is 2. The predicted octanol–water partition coefficient (Wildman–Crippen LogP) is 2.00. The zero-order valence-electron chi connectivity index (χ0n) is 15.1. The Balaban J connectivity index is 1.74. The van der Waals surface area contributed by atoms with Gasteiger partial charge >= 0.3 is 0 Å². The minimum absolute atomic E-state index is 0.141. The highest BCUT2D eigenvalue weighted by Gasteiger charge is 2.12. The molecule has 0 unspecified atom stereocenters. The first kappa shape index (κ1) is 20.0. The number of rotatable bonds is 8. The van der Waals surface area contributed by atoms with Gasteiger partial charge in [0, 0.05) is 6.42 Å². The van der Waals surface area contributed by atoms with E-state index in [1.807, 2.05) is 12.1 Å². The number of aryl methyl sites for hydroxylation is 1. The fourth-order valence-corrected chi connectivity index (χ4v) is 2.32. The van der Waals surface area contributed by atoms with Crippen LogP contribution < -0.4 is 25.1 Å². The Morgan fingerprint density at radius 3 is 2.33 bits per heavy atom. The van der Waals surface area contributed by atoms with E-state index in [0.29, 0.717) is 23.7 Å². The number of carbonyl (C=O) groups excluding carboxylic acids is 2. The Morgan fingerprint density at radius 2 is 1.67 bits per heavy atom. The molecule has 2 N–H and O–H groups in total. The van der Waals surface area contributed by atoms with E-state index < -0.39 is 11.7 Å². The maximum absolute atomic E-state index is 12.8. The molecule has 0 aliphatic heterocycles. The molecule has 0 aromatic heterocycles. The smallest absolute Gasteiger partial charge is 0.276 e. The van der Waals surface area contributed by atoms with Gasteiger partial charge in [-0.1, -0.05) is 12.1 Å². The quantitative estimate of drug-likeness (QED) is 0.689. The summed E-state index contributed by atoms with van der Waals surface area (Å²) in [6.45, 7) is -0.310. The molecule has 0 saturated heterocycles. The first-order chi connectivity index (χ1) is 13.0. The van der Waals surface area contributed by atoms with Crippen molar-refractivity contribution in [2.75, 3.05) is 20.8 Å². The zero-order valence-corrected chi connectivity index (χ0v) is 15.1. The average molecular weight is 376 g/mol. The van der Waals surface area contributed by atoms with E-state index in [-0.39, 0.29) is 18.9 Å². The van der Waals surface area contributed by atoms with Crippen molar-refractivity contribution >= 4 is 11.8 Å². The average Bonchev–Trinajstić information content (AvgIpc) is 2.69. The Kier molecular flexibility index (Phi) is 7.42. The van der Waals surface area contributed by atoms with Crippen LogP contribution in [-0.4, -0.2) is 32.6 Å². The number of methoxy groups -OCH3 is 2. The second-order valence-corrected chi connectivity index (χ2v) is 5.49. The van der Waals surface area contributed by atoms with Gasteiger partial charge in [-0.3, -0.25) is 20.4 Å². The third kappa shape index (κ3) is 6.18. The normalized spacial score (nSPS) is 10.0. The van der Waals surface area contributed by atoms with Crippen molar-refractivity contribution in [1.29, 1.82) is 0 Å². The first-order valence-corrected chi connectivity index (χ1v) is 8.19. The number of ether oxygens (including phenoxy) is 3. The van der Waals surface area contributed by atoms with Crippen molar-refractivity contribution in [2.24, 2.45) is 0 Å². The highest BCUT2D eigenvalue weighted by atomic mass is 19.1. The van der Waals surface area contributed by atoms with Crippen LogP contribution in [0.3, 0.4) is 0 Å². The minimum Gasteiger partial charge on any atom is -0.493 e. The third-order valence-electron chi connectivity index (χ3n) is 3.63. The molecule has 8 heteroatoms. The minimum atomic E-state index is -0.536. The van der Waals surface area contributed by atoms with Gasteiger partial charge in [0.05, 0.1) is 14.2 Å². The SMILES string of the molecule is COc1cccc(CCC(=O)NNC(=O)COc2ccc(F)cc2)c1OC. The molecular formula is C19H21FN2O5. The second kappa shape index (κ2) is 10.0. The topological polar surface area (TPSA) is 85.9 Å². The second-order valence-electron chi connectivity index (χ2n) is 5.49. The fourth-order valence-electron chi connectivity index (χ4n) is 2.32. The van der Waals surface area contributed by atoms with Crippen molar-refractivity contribution in [3.05, 3.63) is 53.8 Å². The van der Waals surface area contributed by atoms with Crippen LogP contribution in [0.1, 0.15) is 12.0 Å². The highest BCUT2D eigenvalue weighted by Crippen LogP contribution is 2.31. The molecule has 0 fully saturated rings. The van der Waals surface area contributed by atoms with Gasteiger partial charge in [0.25, 0.3) is 5.91 Å². The lowest BCUT2D eigenvalue weighted by atomic mass is 10.1. The monoisotopic (exact) mass is 376 g/mol. The maximum atomic E-state index is 12.8. The Bertz CT molecular complexity index is 780. The van der Waals surface area contributed by atoms with Gasteiger partial charge < -0.3 is 14.2 Å². The van der Waals surface area contributed by atoms with Crippen LogP contribution in [0.15, 0.2) is 42.5 Å². The van der Waals surface area contributed by atoms with E-state index >= 15 is 0 Å². The van der Waals surface area contributed by atoms with Crippen molar-refractivity contribution in [3.63, 3.8) is 0 Å². The molecule has 2 aromatic rings. The summed E-state index contributed by atoms with van der Waals surface area (Å²) < 4.78 is 28.5. The Labute approximate surface area is 156 Å². The summed E-state index contributed by atoms with van der Waals surface area (Å²) in [4.78, 5) is 23.6. The van der Waals surface area contributed by atoms with Gasteiger partial charge in [-0.15, -0.1) is 0 Å². The molecule has 0 aliphatic carbocycles. The lowest BCUT2D eigenvalue weighted by molar-refractivity contribution is -0.130. The van der Waals surface area contributed by atoms with Gasteiger partial charge in [-0.05, 0) is 42.3 Å². The van der Waals surface area contributed by atoms with E-state index in [0.717, 1.165) is 5.56 Å². The summed E-state index contributed by atoms with van der Waals surface area (Å²) in [5, 5.41) is 0. The van der Waals surface area contributed by atoms with Gasteiger partial charge in [0.15, 0.2) is 18.1 Å². The van der Waals surface area contributed by atoms with Crippen LogP contribution in [0.25, 0.3) is 0 Å². The summed E-state index contributed by atoms with van der Waals surface area (Å²) in [6, 6.07) is 10.7. The molecule has 0 saturated carbocycles. The predicted molar refractivity (Wildman–Crippen MR) is 96.0 cm³/mol. The lowest BCUT2D eigenvalue weighted by Gasteiger charge is -2.12. The summed E-state index contributed by atoms with van der Waals surface area (Å²) in [6.07, 6.45) is 0.552. The van der Waals surface area contributed by atoms with E-state index in [4.69, 9.17) is 14.2 Å². The number of hydrazine groups is 1. The van der Waals surface area contributed by atoms with Crippen molar-refractivity contribution in [1.82, 2.24) is 10.9 Å². The van der Waals surface area contributed by atoms with E-state index in [1.165, 1.54) is 38.5 Å². The lowest BCUT2D eigenvalue weighted by Crippen LogP contribution is -2.43. The van der Waals surface area contributed by atoms with Crippen molar-refractivity contribution in [2.45, 2.75) is 12.8 Å². The Morgan fingerprint density at radius 1 is 0.963 bits per heavy atom. The van der Waals surface area contributed by atoms with Crippen LogP contribution in [-0.2, 0) is 16.0 Å². The van der Waals surface area contributed by atoms with Crippen molar-refractivity contribution < 1.29 is 28.2 Å². The molecule has 0 radical (unpaired) electrons. The van der Waals surface area contributed by atoms with Crippen LogP contribution >= 0.6 is 0 Å². The van der Waals surface area contributed by atoms with Gasteiger partial charge in [0.2, 0.25) is 5.91 Å². The van der Waals surface area contributed by atoms with Gasteiger partial charge in [-0.2, -0.15) is 0 Å². The van der Waals surface area contributed by atoms with Crippen LogP contribution in [0.2, 0.25) is 0 Å². The largest absolute Gasteiger partial charge is 0.493 e. The maximum Gasteiger partial charge on any atom is 0.276 e. The molecule has 0 atom stereocenters. The molecular weight excluding hydrogens is 355 g/mol. The zero-order chi connectivity index (χ0) is 19.6. The summed E-state index contributed by atoms with van der Waals surface area (Å²) >= 11 is 0. The number of amides is 2. The molecule has 2 aromatic carbocycles. The molecule has 0 bridgehead atoms. The molecule has 2 amide bonds. The molecule has 7 nitrogen and oxygen atoms in total. The standard InChI is InChI=1S/C19H21FN2O5/c1-25-16-5-3-4-13(19(16)26-2)6-11-17(23)21-22-18(24)12-27-15-9-7-14(20)8-10-15/h3-5,7-10H,6,11-12H2,1-2H3,(H,21,23)(H,22,24). The highest BCUT2D eigenvalue weighted by molar-refractivity contribution is 5.82. The molecule has 0 heterocycles. The van der Waals surface area contributed by atoms with Gasteiger partial charge in [-0.25, -0.2) is 4.39 Å². The number of hydrogen-bond acceptors (Lipinski definition) is 5. The molecule has 0 aliphatic rings. The van der Waals surface area contributed by atoms with Crippen molar-refractivity contribution in [3.8, 4) is 17.2 Å². The molecule has 27 heavy (non-hydrogen) atoms. The molecule has 144 valence electrons. The van der Waals surface area contributed by atoms with Crippen LogP contribution in [0, 0.1) is 5.82 Å². The van der Waals surface area contributed by atoms with E-state index in [1.54, 1.807) is 6.07 Å². The number of carbonyl (C=O) groups is 2. The molecule has 2 rings (SSSR count). The number of halogens is 1. The number of benzene rings is 2. The van der Waals surface area contributed by atoms with E-state index in [2.05, 4.69) is 10.9 Å². The first-order valence-electron chi connectivity index (χ1n) is 8.19. The number of para-hydroxylation sites is 1.